The summed E-state index contributed by atoms with van der Waals surface area (Å²) in [5.74, 6) is 0.733. The molecule has 1 heterocycles. The zero-order valence-electron chi connectivity index (χ0n) is 13.1. The van der Waals surface area contributed by atoms with E-state index >= 15 is 0 Å². The van der Waals surface area contributed by atoms with Gasteiger partial charge in [0.25, 0.3) is 0 Å². The van der Waals surface area contributed by atoms with Gasteiger partial charge in [-0.2, -0.15) is 0 Å². The maximum Gasteiger partial charge on any atom is 0.229 e. The van der Waals surface area contributed by atoms with Gasteiger partial charge in [0.05, 0.1) is 0 Å². The van der Waals surface area contributed by atoms with Gasteiger partial charge in [0.15, 0.2) is 0 Å². The maximum absolute atomic E-state index is 5.97. The number of rotatable bonds is 6. The Balaban J connectivity index is 2.19. The van der Waals surface area contributed by atoms with Crippen LogP contribution in [0.1, 0.15) is 31.4 Å². The molecule has 0 aliphatic carbocycles. The lowest BCUT2D eigenvalue weighted by Crippen LogP contribution is -2.22. The Bertz CT molecular complexity index is 565. The summed E-state index contributed by atoms with van der Waals surface area (Å²) in [5.41, 5.74) is 9.42. The molecular weight excluding hydrogens is 260 g/mol. The molecule has 0 spiro atoms. The number of hydrogen-bond acceptors (Lipinski definition) is 4. The van der Waals surface area contributed by atoms with E-state index in [-0.39, 0.29) is 6.04 Å². The second kappa shape index (κ2) is 7.18. The Morgan fingerprint density at radius 1 is 1.19 bits per heavy atom. The Morgan fingerprint density at radius 2 is 1.90 bits per heavy atom. The molecular formula is C17H24N4. The van der Waals surface area contributed by atoms with Crippen LogP contribution in [0.25, 0.3) is 0 Å². The topological polar surface area (TPSA) is 55.0 Å². The zero-order valence-corrected chi connectivity index (χ0v) is 13.1. The van der Waals surface area contributed by atoms with E-state index in [1.807, 2.05) is 12.4 Å². The number of aromatic nitrogens is 2. The molecule has 2 N–H and O–H groups in total. The van der Waals surface area contributed by atoms with Crippen LogP contribution < -0.4 is 10.6 Å². The number of aryl methyl sites for hydroxylation is 1. The van der Waals surface area contributed by atoms with Crippen molar-refractivity contribution in [2.45, 2.75) is 39.7 Å². The van der Waals surface area contributed by atoms with Crippen molar-refractivity contribution in [2.75, 3.05) is 11.4 Å². The van der Waals surface area contributed by atoms with E-state index in [4.69, 9.17) is 5.73 Å². The minimum Gasteiger partial charge on any atom is -0.327 e. The fraction of sp³-hybridized carbons (Fsp3) is 0.412. The molecule has 1 aromatic heterocycles. The van der Waals surface area contributed by atoms with Gasteiger partial charge in [-0.25, -0.2) is 9.97 Å². The molecule has 0 amide bonds. The number of hydrogen-bond donors (Lipinski definition) is 1. The minimum absolute atomic E-state index is 0.179. The SMILES string of the molecule is CCC(N)Cc1cnc(N(CC)c2cccc(C)c2)nc1. The smallest absolute Gasteiger partial charge is 0.229 e. The summed E-state index contributed by atoms with van der Waals surface area (Å²) in [5, 5.41) is 0. The molecule has 0 fully saturated rings. The van der Waals surface area contributed by atoms with Gasteiger partial charge in [-0.05, 0) is 49.9 Å². The number of benzene rings is 1. The zero-order chi connectivity index (χ0) is 15.2. The van der Waals surface area contributed by atoms with Crippen molar-refractivity contribution in [1.29, 1.82) is 0 Å². The molecule has 0 aliphatic rings. The van der Waals surface area contributed by atoms with Gasteiger partial charge in [0.2, 0.25) is 5.95 Å². The summed E-state index contributed by atoms with van der Waals surface area (Å²) in [6, 6.07) is 8.56. The van der Waals surface area contributed by atoms with E-state index in [1.54, 1.807) is 0 Å². The second-order valence-electron chi connectivity index (χ2n) is 5.35. The van der Waals surface area contributed by atoms with Crippen LogP contribution in [0.3, 0.4) is 0 Å². The normalized spacial score (nSPS) is 12.2. The molecule has 1 aromatic carbocycles. The molecule has 1 unspecified atom stereocenters. The van der Waals surface area contributed by atoms with Crippen molar-refractivity contribution in [1.82, 2.24) is 9.97 Å². The van der Waals surface area contributed by atoms with Crippen molar-refractivity contribution < 1.29 is 0 Å². The summed E-state index contributed by atoms with van der Waals surface area (Å²) in [4.78, 5) is 11.1. The molecule has 2 aromatic rings. The van der Waals surface area contributed by atoms with E-state index in [9.17, 15) is 0 Å². The van der Waals surface area contributed by atoms with Gasteiger partial charge in [-0.15, -0.1) is 0 Å². The van der Waals surface area contributed by atoms with Crippen molar-refractivity contribution >= 4 is 11.6 Å². The van der Waals surface area contributed by atoms with E-state index in [0.717, 1.165) is 36.6 Å². The van der Waals surface area contributed by atoms with Gasteiger partial charge in [0, 0.05) is 30.7 Å². The second-order valence-corrected chi connectivity index (χ2v) is 5.35. The van der Waals surface area contributed by atoms with Crippen molar-refractivity contribution in [3.63, 3.8) is 0 Å². The van der Waals surface area contributed by atoms with Crippen LogP contribution in [0.4, 0.5) is 11.6 Å². The lowest BCUT2D eigenvalue weighted by molar-refractivity contribution is 0.643. The summed E-state index contributed by atoms with van der Waals surface area (Å²) in [6.45, 7) is 7.12. The fourth-order valence-electron chi connectivity index (χ4n) is 2.28. The molecule has 4 heteroatoms. The third-order valence-electron chi connectivity index (χ3n) is 3.58. The van der Waals surface area contributed by atoms with E-state index in [1.165, 1.54) is 5.56 Å². The van der Waals surface area contributed by atoms with Crippen LogP contribution in [0.5, 0.6) is 0 Å². The molecule has 0 aliphatic heterocycles. The molecule has 0 bridgehead atoms. The first-order valence-corrected chi connectivity index (χ1v) is 7.54. The average Bonchev–Trinajstić information content (AvgIpc) is 2.50. The quantitative estimate of drug-likeness (QED) is 0.885. The first kappa shape index (κ1) is 15.4. The number of nitrogens with two attached hydrogens (primary N) is 1. The highest BCUT2D eigenvalue weighted by Gasteiger charge is 2.10. The Hall–Kier alpha value is -1.94. The van der Waals surface area contributed by atoms with Crippen LogP contribution in [-0.4, -0.2) is 22.6 Å². The summed E-state index contributed by atoms with van der Waals surface area (Å²) in [6.07, 6.45) is 5.56. The predicted octanol–water partition coefficient (Wildman–Crippen LogP) is 3.22. The fourth-order valence-corrected chi connectivity index (χ4v) is 2.28. The standard InChI is InChI=1S/C17H24N4/c1-4-15(18)10-14-11-19-17(20-12-14)21(5-2)16-8-6-7-13(3)9-16/h6-9,11-12,15H,4-5,10,18H2,1-3H3. The van der Waals surface area contributed by atoms with Gasteiger partial charge in [-0.1, -0.05) is 19.1 Å². The largest absolute Gasteiger partial charge is 0.327 e. The van der Waals surface area contributed by atoms with Crippen molar-refractivity contribution in [3.05, 3.63) is 47.8 Å². The summed E-state index contributed by atoms with van der Waals surface area (Å²) >= 11 is 0. The van der Waals surface area contributed by atoms with Gasteiger partial charge in [0.1, 0.15) is 0 Å². The van der Waals surface area contributed by atoms with Crippen molar-refractivity contribution in [3.8, 4) is 0 Å². The molecule has 112 valence electrons. The first-order valence-electron chi connectivity index (χ1n) is 7.54. The summed E-state index contributed by atoms with van der Waals surface area (Å²) in [7, 11) is 0. The maximum atomic E-state index is 5.97. The van der Waals surface area contributed by atoms with Gasteiger partial charge < -0.3 is 10.6 Å². The van der Waals surface area contributed by atoms with Gasteiger partial charge >= 0.3 is 0 Å². The highest BCUT2D eigenvalue weighted by molar-refractivity contribution is 5.57. The van der Waals surface area contributed by atoms with E-state index in [0.29, 0.717) is 0 Å². The molecule has 0 saturated heterocycles. The Labute approximate surface area is 127 Å². The molecule has 0 radical (unpaired) electrons. The third-order valence-corrected chi connectivity index (χ3v) is 3.58. The van der Waals surface area contributed by atoms with Crippen LogP contribution in [0.2, 0.25) is 0 Å². The lowest BCUT2D eigenvalue weighted by Gasteiger charge is -2.21. The highest BCUT2D eigenvalue weighted by atomic mass is 15.2. The average molecular weight is 284 g/mol. The molecule has 1 atom stereocenters. The lowest BCUT2D eigenvalue weighted by atomic mass is 10.1. The number of anilines is 2. The molecule has 21 heavy (non-hydrogen) atoms. The Morgan fingerprint density at radius 3 is 2.48 bits per heavy atom. The van der Waals surface area contributed by atoms with E-state index < -0.39 is 0 Å². The predicted molar refractivity (Wildman–Crippen MR) is 87.9 cm³/mol. The Kier molecular flexibility index (Phi) is 5.28. The summed E-state index contributed by atoms with van der Waals surface area (Å²) < 4.78 is 0. The van der Waals surface area contributed by atoms with Gasteiger partial charge in [-0.3, -0.25) is 0 Å². The molecule has 2 rings (SSSR count). The third kappa shape index (κ3) is 4.02. The first-order chi connectivity index (χ1) is 10.1. The highest BCUT2D eigenvalue weighted by Crippen LogP contribution is 2.22. The monoisotopic (exact) mass is 284 g/mol. The molecule has 0 saturated carbocycles. The number of nitrogens with zero attached hydrogens (tertiary/aromatic N) is 3. The molecule has 4 nitrogen and oxygen atoms in total. The van der Waals surface area contributed by atoms with Crippen LogP contribution >= 0.6 is 0 Å². The van der Waals surface area contributed by atoms with Crippen LogP contribution in [0, 0.1) is 6.92 Å². The minimum atomic E-state index is 0.179. The van der Waals surface area contributed by atoms with Crippen LogP contribution in [0.15, 0.2) is 36.7 Å². The van der Waals surface area contributed by atoms with Crippen LogP contribution in [-0.2, 0) is 6.42 Å². The van der Waals surface area contributed by atoms with Crippen molar-refractivity contribution in [2.24, 2.45) is 5.73 Å². The van der Waals surface area contributed by atoms with E-state index in [2.05, 4.69) is 59.9 Å².